The number of carbonyl (C=O) groups is 1. The molecule has 4 aromatic rings. The molecule has 1 aliphatic rings. The van der Waals surface area contributed by atoms with Crippen LogP contribution in [0.2, 0.25) is 0 Å². The molecule has 2 aromatic carbocycles. The molecule has 1 fully saturated rings. The molecule has 1 aliphatic heterocycles. The first kappa shape index (κ1) is 20.8. The van der Waals surface area contributed by atoms with E-state index in [1.54, 1.807) is 33.3 Å². The summed E-state index contributed by atoms with van der Waals surface area (Å²) in [5.41, 5.74) is 3.10. The molecule has 166 valence electrons. The first-order chi connectivity index (χ1) is 16.1. The average Bonchev–Trinajstić information content (AvgIpc) is 3.54. The zero-order chi connectivity index (χ0) is 22.8. The molecule has 0 radical (unpaired) electrons. The maximum absolute atomic E-state index is 13.0. The average molecular weight is 461 g/mol. The lowest BCUT2D eigenvalue weighted by atomic mass is 10.2. The Morgan fingerprint density at radius 2 is 1.76 bits per heavy atom. The molecule has 0 aliphatic carbocycles. The molecule has 0 spiro atoms. The molecule has 0 bridgehead atoms. The molecule has 33 heavy (non-hydrogen) atoms. The van der Waals surface area contributed by atoms with Crippen LogP contribution in [0, 0.1) is 10.1 Å². The van der Waals surface area contributed by atoms with Crippen LogP contribution < -0.4 is 4.90 Å². The Bertz CT molecular complexity index is 1290. The minimum atomic E-state index is -0.396. The van der Waals surface area contributed by atoms with E-state index in [0.717, 1.165) is 21.9 Å². The molecule has 5 rings (SSSR count). The smallest absolute Gasteiger partial charge is 0.273 e. The van der Waals surface area contributed by atoms with E-state index in [9.17, 15) is 14.9 Å². The molecule has 2 aromatic heterocycles. The quantitative estimate of drug-likeness (QED) is 0.331. The summed E-state index contributed by atoms with van der Waals surface area (Å²) in [6, 6.07) is 16.4. The molecule has 1 amide bonds. The number of rotatable bonds is 5. The number of anilines is 1. The van der Waals surface area contributed by atoms with Gasteiger partial charge in [-0.15, -0.1) is 11.3 Å². The molecule has 9 nitrogen and oxygen atoms in total. The predicted octanol–water partition coefficient (Wildman–Crippen LogP) is 3.87. The van der Waals surface area contributed by atoms with Gasteiger partial charge in [0, 0.05) is 61.1 Å². The number of nitro benzene ring substituents is 1. The highest BCUT2D eigenvalue weighted by atomic mass is 32.1. The molecular weight excluding hydrogens is 440 g/mol. The summed E-state index contributed by atoms with van der Waals surface area (Å²) >= 11 is 1.42. The maximum atomic E-state index is 13.0. The molecular formula is C23H20N6O3S. The standard InChI is InChI=1S/C23H20N6O3S/c30-23(27-11-9-26(10-12-27)19-7-4-8-20(13-19)29(31)32)21-16-33-22(25-21)17-14-24-28(15-17)18-5-2-1-3-6-18/h1-8,13-16H,9-12H2. The molecule has 1 saturated heterocycles. The highest BCUT2D eigenvalue weighted by Crippen LogP contribution is 2.26. The van der Waals surface area contributed by atoms with Gasteiger partial charge in [0.25, 0.3) is 11.6 Å². The molecule has 10 heteroatoms. The maximum Gasteiger partial charge on any atom is 0.273 e. The van der Waals surface area contributed by atoms with Crippen LogP contribution in [0.3, 0.4) is 0 Å². The van der Waals surface area contributed by atoms with Crippen LogP contribution in [0.25, 0.3) is 16.3 Å². The minimum Gasteiger partial charge on any atom is -0.368 e. The van der Waals surface area contributed by atoms with Crippen LogP contribution in [0.4, 0.5) is 11.4 Å². The summed E-state index contributed by atoms with van der Waals surface area (Å²) in [5, 5.41) is 18.0. The van der Waals surface area contributed by atoms with Gasteiger partial charge in [-0.3, -0.25) is 14.9 Å². The topological polar surface area (TPSA) is 97.4 Å². The Balaban J connectivity index is 1.24. The molecule has 0 saturated carbocycles. The van der Waals surface area contributed by atoms with Crippen LogP contribution in [-0.2, 0) is 0 Å². The fraction of sp³-hybridized carbons (Fsp3) is 0.174. The number of piperazine rings is 1. The van der Waals surface area contributed by atoms with Crippen LogP contribution in [0.5, 0.6) is 0 Å². The lowest BCUT2D eigenvalue weighted by Gasteiger charge is -2.35. The van der Waals surface area contributed by atoms with Gasteiger partial charge in [0.15, 0.2) is 0 Å². The largest absolute Gasteiger partial charge is 0.368 e. The van der Waals surface area contributed by atoms with Gasteiger partial charge in [0.05, 0.1) is 16.8 Å². The van der Waals surface area contributed by atoms with Gasteiger partial charge >= 0.3 is 0 Å². The normalized spacial score (nSPS) is 13.8. The number of hydrogen-bond donors (Lipinski definition) is 0. The zero-order valence-corrected chi connectivity index (χ0v) is 18.4. The van der Waals surface area contributed by atoms with Gasteiger partial charge < -0.3 is 9.80 Å². The Kier molecular flexibility index (Phi) is 5.57. The van der Waals surface area contributed by atoms with E-state index in [4.69, 9.17) is 0 Å². The van der Waals surface area contributed by atoms with Crippen molar-refractivity contribution in [1.82, 2.24) is 19.7 Å². The van der Waals surface area contributed by atoms with Crippen LogP contribution in [0.15, 0.2) is 72.4 Å². The van der Waals surface area contributed by atoms with Crippen LogP contribution in [0.1, 0.15) is 10.5 Å². The van der Waals surface area contributed by atoms with Crippen molar-refractivity contribution in [2.24, 2.45) is 0 Å². The van der Waals surface area contributed by atoms with E-state index in [2.05, 4.69) is 15.0 Å². The van der Waals surface area contributed by atoms with Gasteiger partial charge in [0.2, 0.25) is 0 Å². The van der Waals surface area contributed by atoms with E-state index in [1.165, 1.54) is 17.4 Å². The van der Waals surface area contributed by atoms with E-state index in [1.807, 2.05) is 42.6 Å². The number of nitrogens with zero attached hydrogens (tertiary/aromatic N) is 6. The number of hydrogen-bond acceptors (Lipinski definition) is 7. The van der Waals surface area contributed by atoms with E-state index in [-0.39, 0.29) is 11.6 Å². The fourth-order valence-electron chi connectivity index (χ4n) is 3.79. The van der Waals surface area contributed by atoms with Gasteiger partial charge in [-0.2, -0.15) is 5.10 Å². The van der Waals surface area contributed by atoms with Crippen LogP contribution >= 0.6 is 11.3 Å². The number of non-ortho nitro benzene ring substituents is 1. The van der Waals surface area contributed by atoms with Gasteiger partial charge in [-0.25, -0.2) is 9.67 Å². The second-order valence-corrected chi connectivity index (χ2v) is 8.46. The Morgan fingerprint density at radius 3 is 2.52 bits per heavy atom. The lowest BCUT2D eigenvalue weighted by Crippen LogP contribution is -2.48. The summed E-state index contributed by atoms with van der Waals surface area (Å²) in [7, 11) is 0. The Hall–Kier alpha value is -4.05. The molecule has 0 N–H and O–H groups in total. The Labute approximate surface area is 193 Å². The van der Waals surface area contributed by atoms with Crippen molar-refractivity contribution in [2.45, 2.75) is 0 Å². The monoisotopic (exact) mass is 460 g/mol. The summed E-state index contributed by atoms with van der Waals surface area (Å²) < 4.78 is 1.78. The van der Waals surface area contributed by atoms with E-state index >= 15 is 0 Å². The highest BCUT2D eigenvalue weighted by molar-refractivity contribution is 7.13. The lowest BCUT2D eigenvalue weighted by molar-refractivity contribution is -0.384. The van der Waals surface area contributed by atoms with E-state index in [0.29, 0.717) is 31.9 Å². The van der Waals surface area contributed by atoms with Gasteiger partial charge in [-0.05, 0) is 18.2 Å². The number of benzene rings is 2. The molecule has 3 heterocycles. The first-order valence-electron chi connectivity index (χ1n) is 10.4. The summed E-state index contributed by atoms with van der Waals surface area (Å²) in [5.74, 6) is -0.105. The number of nitro groups is 1. The van der Waals surface area contributed by atoms with Crippen molar-refractivity contribution in [3.05, 3.63) is 88.2 Å². The van der Waals surface area contributed by atoms with Crippen molar-refractivity contribution < 1.29 is 9.72 Å². The first-order valence-corrected chi connectivity index (χ1v) is 11.3. The zero-order valence-electron chi connectivity index (χ0n) is 17.6. The number of amides is 1. The van der Waals surface area contributed by atoms with Crippen molar-refractivity contribution >= 4 is 28.6 Å². The van der Waals surface area contributed by atoms with E-state index < -0.39 is 4.92 Å². The van der Waals surface area contributed by atoms with Gasteiger partial charge in [-0.1, -0.05) is 24.3 Å². The second-order valence-electron chi connectivity index (χ2n) is 7.60. The van der Waals surface area contributed by atoms with Crippen LogP contribution in [-0.4, -0.2) is 56.7 Å². The predicted molar refractivity (Wildman–Crippen MR) is 126 cm³/mol. The third-order valence-electron chi connectivity index (χ3n) is 5.55. The third-order valence-corrected chi connectivity index (χ3v) is 6.44. The second kappa shape index (κ2) is 8.83. The summed E-state index contributed by atoms with van der Waals surface area (Å²) in [6.07, 6.45) is 3.65. The van der Waals surface area contributed by atoms with Crippen molar-refractivity contribution in [2.75, 3.05) is 31.1 Å². The number of para-hydroxylation sites is 1. The molecule has 0 atom stereocenters. The minimum absolute atomic E-state index is 0.0663. The molecule has 0 unspecified atom stereocenters. The number of thiazole rings is 1. The fourth-order valence-corrected chi connectivity index (χ4v) is 4.56. The number of aromatic nitrogens is 3. The van der Waals surface area contributed by atoms with Crippen molar-refractivity contribution in [3.63, 3.8) is 0 Å². The van der Waals surface area contributed by atoms with Crippen molar-refractivity contribution in [3.8, 4) is 16.3 Å². The third kappa shape index (κ3) is 4.33. The highest BCUT2D eigenvalue weighted by Gasteiger charge is 2.25. The Morgan fingerprint density at radius 1 is 1.00 bits per heavy atom. The summed E-state index contributed by atoms with van der Waals surface area (Å²) in [4.78, 5) is 32.0. The summed E-state index contributed by atoms with van der Waals surface area (Å²) in [6.45, 7) is 2.27. The van der Waals surface area contributed by atoms with Gasteiger partial charge in [0.1, 0.15) is 10.7 Å². The van der Waals surface area contributed by atoms with Crippen molar-refractivity contribution in [1.29, 1.82) is 0 Å². The number of carbonyl (C=O) groups excluding carboxylic acids is 1. The SMILES string of the molecule is O=C(c1csc(-c2cnn(-c3ccccc3)c2)n1)N1CCN(c2cccc([N+](=O)[O-])c2)CC1.